The molecule has 0 saturated heterocycles. The molecule has 2 aromatic rings. The van der Waals surface area contributed by atoms with Gasteiger partial charge in [0.15, 0.2) is 11.6 Å². The van der Waals surface area contributed by atoms with Crippen LogP contribution in [0.15, 0.2) is 47.4 Å². The van der Waals surface area contributed by atoms with E-state index in [0.717, 1.165) is 24.3 Å². The predicted octanol–water partition coefficient (Wildman–Crippen LogP) is 3.04. The minimum absolute atomic E-state index is 0.196. The van der Waals surface area contributed by atoms with Crippen LogP contribution < -0.4 is 10.2 Å². The molecule has 0 unspecified atom stereocenters. The fourth-order valence-corrected chi connectivity index (χ4v) is 2.78. The van der Waals surface area contributed by atoms with E-state index >= 15 is 0 Å². The molecule has 0 aliphatic rings. The number of carbonyl (C=O) groups excluding carboxylic acids is 1. The molecule has 0 saturated carbocycles. The van der Waals surface area contributed by atoms with Crippen molar-refractivity contribution in [2.45, 2.75) is 10.7 Å². The van der Waals surface area contributed by atoms with E-state index in [1.54, 1.807) is 0 Å². The van der Waals surface area contributed by atoms with E-state index in [1.165, 1.54) is 30.1 Å². The Morgan fingerprint density at radius 3 is 2.23 bits per heavy atom. The Morgan fingerprint density at radius 1 is 1.08 bits per heavy atom. The van der Waals surface area contributed by atoms with Gasteiger partial charge >= 0.3 is 5.76 Å². The first-order chi connectivity index (χ1) is 12.1. The Hall–Kier alpha value is -2.62. The smallest absolute Gasteiger partial charge is 0.341 e. The van der Waals surface area contributed by atoms with E-state index in [0.29, 0.717) is 0 Å². The number of amides is 1. The van der Waals surface area contributed by atoms with Gasteiger partial charge in [0.05, 0.1) is 11.4 Å². The predicted molar refractivity (Wildman–Crippen MR) is 87.9 cm³/mol. The molecule has 0 radical (unpaired) electrons. The van der Waals surface area contributed by atoms with Crippen LogP contribution in [0.1, 0.15) is 0 Å². The molecular weight excluding hydrogens is 376 g/mol. The number of anilines is 2. The molecular formula is C16H14F4N2O3S. The van der Waals surface area contributed by atoms with Crippen LogP contribution in [0.5, 0.6) is 0 Å². The van der Waals surface area contributed by atoms with Crippen molar-refractivity contribution in [3.05, 3.63) is 54.1 Å². The fourth-order valence-electron chi connectivity index (χ4n) is 2.06. The average Bonchev–Trinajstić information content (AvgIpc) is 2.57. The molecule has 0 spiro atoms. The molecule has 0 aliphatic heterocycles. The zero-order valence-electron chi connectivity index (χ0n) is 13.4. The highest BCUT2D eigenvalue weighted by Gasteiger charge is 2.26. The molecule has 10 heteroatoms. The summed E-state index contributed by atoms with van der Waals surface area (Å²) in [4.78, 5) is 12.8. The maximum atomic E-state index is 13.2. The van der Waals surface area contributed by atoms with Crippen LogP contribution in [0.3, 0.4) is 0 Å². The van der Waals surface area contributed by atoms with Crippen LogP contribution in [0.25, 0.3) is 0 Å². The molecule has 1 N–H and O–H groups in total. The van der Waals surface area contributed by atoms with Gasteiger partial charge in [-0.15, -0.1) is 0 Å². The summed E-state index contributed by atoms with van der Waals surface area (Å²) in [5.41, 5.74) is 0.472. The maximum absolute atomic E-state index is 13.2. The second-order valence-electron chi connectivity index (χ2n) is 5.33. The summed E-state index contributed by atoms with van der Waals surface area (Å²) >= 11 is 0. The minimum atomic E-state index is -4.71. The highest BCUT2D eigenvalue weighted by molar-refractivity contribution is 7.91. The minimum Gasteiger partial charge on any atom is -0.365 e. The standard InChI is InChI=1S/C16H14F4N2O3S/c1-22(11-4-7-13(17)14(18)8-11)9-15(23)21-10-2-5-12(6-3-10)26(24,25)16(19)20/h2-8,16H,9H2,1H3,(H,21,23). The van der Waals surface area contributed by atoms with Crippen LogP contribution >= 0.6 is 0 Å². The van der Waals surface area contributed by atoms with Crippen molar-refractivity contribution < 1.29 is 30.8 Å². The van der Waals surface area contributed by atoms with Crippen LogP contribution in [0, 0.1) is 11.6 Å². The van der Waals surface area contributed by atoms with Crippen molar-refractivity contribution in [3.63, 3.8) is 0 Å². The maximum Gasteiger partial charge on any atom is 0.341 e. The van der Waals surface area contributed by atoms with Crippen molar-refractivity contribution >= 4 is 27.1 Å². The van der Waals surface area contributed by atoms with E-state index in [2.05, 4.69) is 5.32 Å². The molecule has 5 nitrogen and oxygen atoms in total. The van der Waals surface area contributed by atoms with Gasteiger partial charge in [-0.2, -0.15) is 8.78 Å². The van der Waals surface area contributed by atoms with E-state index in [-0.39, 0.29) is 17.9 Å². The Bertz CT molecular complexity index is 902. The van der Waals surface area contributed by atoms with Crippen LogP contribution in [-0.2, 0) is 14.6 Å². The molecule has 0 heterocycles. The largest absolute Gasteiger partial charge is 0.365 e. The van der Waals surface area contributed by atoms with Gasteiger partial charge in [0.25, 0.3) is 0 Å². The number of rotatable bonds is 6. The highest BCUT2D eigenvalue weighted by Crippen LogP contribution is 2.20. The number of sulfone groups is 1. The lowest BCUT2D eigenvalue weighted by Crippen LogP contribution is -2.30. The molecule has 1 amide bonds. The first-order valence-corrected chi connectivity index (χ1v) is 8.74. The third kappa shape index (κ3) is 4.51. The van der Waals surface area contributed by atoms with E-state index < -0.39 is 38.0 Å². The quantitative estimate of drug-likeness (QED) is 0.770. The summed E-state index contributed by atoms with van der Waals surface area (Å²) in [6.45, 7) is -0.206. The lowest BCUT2D eigenvalue weighted by atomic mass is 10.2. The van der Waals surface area contributed by atoms with E-state index in [4.69, 9.17) is 0 Å². The monoisotopic (exact) mass is 390 g/mol. The van der Waals surface area contributed by atoms with Crippen molar-refractivity contribution in [2.24, 2.45) is 0 Å². The summed E-state index contributed by atoms with van der Waals surface area (Å²) in [6, 6.07) is 7.42. The third-order valence-corrected chi connectivity index (χ3v) is 4.82. The van der Waals surface area contributed by atoms with Gasteiger partial charge in [-0.25, -0.2) is 17.2 Å². The number of hydrogen-bond donors (Lipinski definition) is 1. The molecule has 2 rings (SSSR count). The highest BCUT2D eigenvalue weighted by atomic mass is 32.2. The van der Waals surface area contributed by atoms with Gasteiger partial charge in [-0.3, -0.25) is 4.79 Å². The van der Waals surface area contributed by atoms with Crippen LogP contribution in [-0.4, -0.2) is 33.7 Å². The van der Waals surface area contributed by atoms with E-state index in [9.17, 15) is 30.8 Å². The Labute approximate surface area is 147 Å². The number of nitrogens with zero attached hydrogens (tertiary/aromatic N) is 1. The van der Waals surface area contributed by atoms with E-state index in [1.807, 2.05) is 0 Å². The van der Waals surface area contributed by atoms with Crippen molar-refractivity contribution in [2.75, 3.05) is 23.8 Å². The number of carbonyl (C=O) groups is 1. The van der Waals surface area contributed by atoms with Gasteiger partial charge in [0, 0.05) is 24.5 Å². The Balaban J connectivity index is 2.02. The zero-order valence-corrected chi connectivity index (χ0v) is 14.2. The van der Waals surface area contributed by atoms with Crippen LogP contribution in [0.2, 0.25) is 0 Å². The summed E-state index contributed by atoms with van der Waals surface area (Å²) in [5.74, 6) is -6.12. The second-order valence-corrected chi connectivity index (χ2v) is 7.25. The van der Waals surface area contributed by atoms with Crippen molar-refractivity contribution in [1.82, 2.24) is 0 Å². The summed E-state index contributed by atoms with van der Waals surface area (Å²) in [5, 5.41) is 2.45. The number of likely N-dealkylation sites (N-methyl/N-ethyl adjacent to an activating group) is 1. The fraction of sp³-hybridized carbons (Fsp3) is 0.188. The number of nitrogens with one attached hydrogen (secondary N) is 1. The molecule has 0 bridgehead atoms. The number of halogens is 4. The molecule has 26 heavy (non-hydrogen) atoms. The van der Waals surface area contributed by atoms with Crippen molar-refractivity contribution in [3.8, 4) is 0 Å². The lowest BCUT2D eigenvalue weighted by Gasteiger charge is -2.19. The Kier molecular flexibility index (Phi) is 5.86. The van der Waals surface area contributed by atoms with Gasteiger partial charge in [0.1, 0.15) is 0 Å². The second kappa shape index (κ2) is 7.73. The molecule has 0 aliphatic carbocycles. The van der Waals surface area contributed by atoms with Crippen molar-refractivity contribution in [1.29, 1.82) is 0 Å². The third-order valence-electron chi connectivity index (χ3n) is 3.43. The summed E-state index contributed by atoms with van der Waals surface area (Å²) < 4.78 is 73.7. The number of alkyl halides is 2. The average molecular weight is 390 g/mol. The Morgan fingerprint density at radius 2 is 1.69 bits per heavy atom. The molecule has 140 valence electrons. The lowest BCUT2D eigenvalue weighted by molar-refractivity contribution is -0.114. The summed E-state index contributed by atoms with van der Waals surface area (Å²) in [6.07, 6.45) is 0. The molecule has 2 aromatic carbocycles. The number of hydrogen-bond acceptors (Lipinski definition) is 4. The first kappa shape index (κ1) is 19.7. The zero-order chi connectivity index (χ0) is 19.5. The SMILES string of the molecule is CN(CC(=O)Nc1ccc(S(=O)(=O)C(F)F)cc1)c1ccc(F)c(F)c1. The normalized spacial score (nSPS) is 11.5. The molecule has 0 atom stereocenters. The van der Waals surface area contributed by atoms with Gasteiger partial charge in [0.2, 0.25) is 15.7 Å². The first-order valence-electron chi connectivity index (χ1n) is 7.19. The van der Waals surface area contributed by atoms with Gasteiger partial charge in [-0.1, -0.05) is 0 Å². The topological polar surface area (TPSA) is 66.5 Å². The summed E-state index contributed by atoms with van der Waals surface area (Å²) in [7, 11) is -3.21. The van der Waals surface area contributed by atoms with Gasteiger partial charge < -0.3 is 10.2 Å². The van der Waals surface area contributed by atoms with Crippen LogP contribution in [0.4, 0.5) is 28.9 Å². The van der Waals surface area contributed by atoms with Gasteiger partial charge in [-0.05, 0) is 36.4 Å². The molecule has 0 fully saturated rings. The number of benzene rings is 2. The molecule has 0 aromatic heterocycles.